The van der Waals surface area contributed by atoms with Gasteiger partial charge in [0.05, 0.1) is 5.69 Å². The van der Waals surface area contributed by atoms with Crippen molar-refractivity contribution in [3.63, 3.8) is 0 Å². The maximum atomic E-state index is 11.9. The second-order valence-electron chi connectivity index (χ2n) is 3.66. The molecule has 1 aromatic rings. The van der Waals surface area contributed by atoms with Gasteiger partial charge in [0.2, 0.25) is 0 Å². The molecule has 0 saturated heterocycles. The number of sulfonamides is 1. The molecule has 16 heavy (non-hydrogen) atoms. The topological polar surface area (TPSA) is 58.5 Å². The fourth-order valence-electron chi connectivity index (χ4n) is 1.77. The molecule has 6 heteroatoms. The Morgan fingerprint density at radius 3 is 2.62 bits per heavy atom. The summed E-state index contributed by atoms with van der Waals surface area (Å²) in [4.78, 5) is 0.288. The van der Waals surface area contributed by atoms with Crippen LogP contribution in [-0.4, -0.2) is 19.8 Å². The Balaban J connectivity index is 2.72. The van der Waals surface area contributed by atoms with E-state index in [0.717, 1.165) is 11.1 Å². The van der Waals surface area contributed by atoms with Gasteiger partial charge in [-0.3, -0.25) is 0 Å². The van der Waals surface area contributed by atoms with Gasteiger partial charge in [0.15, 0.2) is 5.17 Å². The lowest BCUT2D eigenvalue weighted by molar-refractivity contribution is 0.597. The van der Waals surface area contributed by atoms with Crippen molar-refractivity contribution in [2.45, 2.75) is 18.7 Å². The molecule has 0 spiro atoms. The Bertz CT molecular complexity index is 577. The summed E-state index contributed by atoms with van der Waals surface area (Å²) in [6, 6.07) is 3.67. The van der Waals surface area contributed by atoms with E-state index in [2.05, 4.69) is 9.71 Å². The minimum absolute atomic E-state index is 0.288. The number of hydrogen-bond acceptors (Lipinski definition) is 4. The molecule has 0 bridgehead atoms. The number of aryl methyl sites for hydroxylation is 2. The standard InChI is InChI=1S/C10H12N2O2S2/c1-6-4-7(2)9-8(5-6)11-10(15-3)12-16(9,13)14/h4-5H,1-3H3,(H,11,12). The van der Waals surface area contributed by atoms with Crippen LogP contribution in [0, 0.1) is 13.8 Å². The van der Waals surface area contributed by atoms with E-state index in [1.807, 2.05) is 19.1 Å². The minimum atomic E-state index is -3.55. The summed E-state index contributed by atoms with van der Waals surface area (Å²) in [5, 5.41) is 3.43. The van der Waals surface area contributed by atoms with E-state index in [1.54, 1.807) is 13.2 Å². The van der Waals surface area contributed by atoms with Crippen LogP contribution >= 0.6 is 11.8 Å². The fourth-order valence-corrected chi connectivity index (χ4v) is 3.78. The predicted octanol–water partition coefficient (Wildman–Crippen LogP) is 2.14. The van der Waals surface area contributed by atoms with Gasteiger partial charge in [-0.15, -0.1) is 4.40 Å². The summed E-state index contributed by atoms with van der Waals surface area (Å²) in [6.45, 7) is 3.72. The van der Waals surface area contributed by atoms with Gasteiger partial charge in [0.25, 0.3) is 10.0 Å². The second kappa shape index (κ2) is 3.78. The first-order chi connectivity index (χ1) is 7.44. The summed E-state index contributed by atoms with van der Waals surface area (Å²) in [7, 11) is -3.55. The molecule has 0 fully saturated rings. The SMILES string of the molecule is CSC1=NS(=O)(=O)c2c(C)cc(C)cc2N1. The van der Waals surface area contributed by atoms with Gasteiger partial charge < -0.3 is 5.32 Å². The Labute approximate surface area is 99.2 Å². The van der Waals surface area contributed by atoms with Crippen molar-refractivity contribution >= 4 is 32.6 Å². The minimum Gasteiger partial charge on any atom is -0.333 e. The van der Waals surface area contributed by atoms with Crippen molar-refractivity contribution in [3.8, 4) is 0 Å². The molecule has 0 amide bonds. The zero-order chi connectivity index (χ0) is 11.9. The Hall–Kier alpha value is -1.01. The number of amidine groups is 1. The van der Waals surface area contributed by atoms with Crippen LogP contribution in [0.1, 0.15) is 11.1 Å². The number of rotatable bonds is 0. The van der Waals surface area contributed by atoms with Gasteiger partial charge in [-0.05, 0) is 37.3 Å². The molecular formula is C10H12N2O2S2. The molecular weight excluding hydrogens is 244 g/mol. The van der Waals surface area contributed by atoms with Crippen molar-refractivity contribution in [3.05, 3.63) is 23.3 Å². The van der Waals surface area contributed by atoms with Crippen molar-refractivity contribution in [1.29, 1.82) is 0 Å². The van der Waals surface area contributed by atoms with Crippen LogP contribution in [0.2, 0.25) is 0 Å². The zero-order valence-electron chi connectivity index (χ0n) is 9.23. The number of benzene rings is 1. The maximum Gasteiger partial charge on any atom is 0.287 e. The molecule has 1 aromatic carbocycles. The van der Waals surface area contributed by atoms with Crippen LogP contribution in [0.15, 0.2) is 21.4 Å². The lowest BCUT2D eigenvalue weighted by atomic mass is 10.1. The number of hydrogen-bond donors (Lipinski definition) is 1. The Kier molecular flexibility index (Phi) is 2.71. The monoisotopic (exact) mass is 256 g/mol. The third-order valence-corrected chi connectivity index (χ3v) is 4.49. The van der Waals surface area contributed by atoms with E-state index in [-0.39, 0.29) is 4.90 Å². The van der Waals surface area contributed by atoms with Gasteiger partial charge in [-0.2, -0.15) is 8.42 Å². The van der Waals surface area contributed by atoms with E-state index in [0.29, 0.717) is 10.9 Å². The van der Waals surface area contributed by atoms with E-state index >= 15 is 0 Å². The number of fused-ring (bicyclic) bond motifs is 1. The normalized spacial score (nSPS) is 17.3. The molecule has 0 aromatic heterocycles. The third kappa shape index (κ3) is 1.82. The summed E-state index contributed by atoms with van der Waals surface area (Å²) in [6.07, 6.45) is 1.79. The van der Waals surface area contributed by atoms with Gasteiger partial charge in [0, 0.05) is 0 Å². The summed E-state index contributed by atoms with van der Waals surface area (Å²) < 4.78 is 27.6. The molecule has 0 atom stereocenters. The van der Waals surface area contributed by atoms with Crippen LogP contribution in [0.3, 0.4) is 0 Å². The first kappa shape index (κ1) is 11.5. The van der Waals surface area contributed by atoms with E-state index < -0.39 is 10.0 Å². The van der Waals surface area contributed by atoms with Gasteiger partial charge in [-0.25, -0.2) is 0 Å². The zero-order valence-corrected chi connectivity index (χ0v) is 10.9. The molecule has 1 heterocycles. The van der Waals surface area contributed by atoms with Crippen LogP contribution in [0.4, 0.5) is 5.69 Å². The van der Waals surface area contributed by atoms with E-state index in [1.165, 1.54) is 11.8 Å². The fraction of sp³-hybridized carbons (Fsp3) is 0.300. The quantitative estimate of drug-likeness (QED) is 0.772. The van der Waals surface area contributed by atoms with Crippen molar-refractivity contribution in [2.75, 3.05) is 11.6 Å². The Morgan fingerprint density at radius 2 is 2.00 bits per heavy atom. The molecule has 0 unspecified atom stereocenters. The lowest BCUT2D eigenvalue weighted by Gasteiger charge is -2.19. The first-order valence-corrected chi connectivity index (χ1v) is 7.38. The summed E-state index contributed by atoms with van der Waals surface area (Å²) >= 11 is 1.28. The van der Waals surface area contributed by atoms with E-state index in [9.17, 15) is 8.42 Å². The highest BCUT2D eigenvalue weighted by molar-refractivity contribution is 8.14. The largest absolute Gasteiger partial charge is 0.333 e. The molecule has 1 aliphatic rings. The third-order valence-electron chi connectivity index (χ3n) is 2.31. The second-order valence-corrected chi connectivity index (χ2v) is 6.00. The van der Waals surface area contributed by atoms with Crippen molar-refractivity contribution in [1.82, 2.24) is 0 Å². The summed E-state index contributed by atoms with van der Waals surface area (Å²) in [5.74, 6) is 0. The van der Waals surface area contributed by atoms with Gasteiger partial charge >= 0.3 is 0 Å². The lowest BCUT2D eigenvalue weighted by Crippen LogP contribution is -2.19. The molecule has 2 rings (SSSR count). The molecule has 0 saturated carbocycles. The van der Waals surface area contributed by atoms with E-state index in [4.69, 9.17) is 0 Å². The highest BCUT2D eigenvalue weighted by Gasteiger charge is 2.26. The van der Waals surface area contributed by atoms with Gasteiger partial charge in [0.1, 0.15) is 4.90 Å². The Morgan fingerprint density at radius 1 is 1.31 bits per heavy atom. The van der Waals surface area contributed by atoms with Crippen molar-refractivity contribution in [2.24, 2.45) is 4.40 Å². The summed E-state index contributed by atoms with van der Waals surface area (Å²) in [5.41, 5.74) is 2.38. The van der Waals surface area contributed by atoms with Gasteiger partial charge in [-0.1, -0.05) is 17.8 Å². The van der Waals surface area contributed by atoms with Crippen molar-refractivity contribution < 1.29 is 8.42 Å². The molecule has 1 N–H and O–H groups in total. The molecule has 4 nitrogen and oxygen atoms in total. The number of nitrogens with one attached hydrogen (secondary N) is 1. The van der Waals surface area contributed by atoms with Crippen LogP contribution in [0.5, 0.6) is 0 Å². The molecule has 0 aliphatic carbocycles. The first-order valence-electron chi connectivity index (χ1n) is 4.71. The maximum absolute atomic E-state index is 11.9. The average Bonchev–Trinajstić information content (AvgIpc) is 2.13. The highest BCUT2D eigenvalue weighted by atomic mass is 32.2. The number of thioether (sulfide) groups is 1. The van der Waals surface area contributed by atoms with Crippen LogP contribution in [0.25, 0.3) is 0 Å². The number of anilines is 1. The smallest absolute Gasteiger partial charge is 0.287 e. The molecule has 1 aliphatic heterocycles. The number of nitrogens with zero attached hydrogens (tertiary/aromatic N) is 1. The van der Waals surface area contributed by atoms with Crippen LogP contribution in [-0.2, 0) is 10.0 Å². The molecule has 86 valence electrons. The molecule has 0 radical (unpaired) electrons. The highest BCUT2D eigenvalue weighted by Crippen LogP contribution is 2.32. The predicted molar refractivity (Wildman–Crippen MR) is 67.7 cm³/mol. The van der Waals surface area contributed by atoms with Crippen LogP contribution < -0.4 is 5.32 Å². The average molecular weight is 256 g/mol.